The van der Waals surface area contributed by atoms with Crippen molar-refractivity contribution in [1.29, 1.82) is 0 Å². The highest BCUT2D eigenvalue weighted by Gasteiger charge is 2.41. The minimum Gasteiger partial charge on any atom is -0.342 e. The predicted molar refractivity (Wildman–Crippen MR) is 176 cm³/mol. The average Bonchev–Trinajstić information content (AvgIpc) is 3.30. The van der Waals surface area contributed by atoms with Crippen LogP contribution in [0.5, 0.6) is 0 Å². The van der Waals surface area contributed by atoms with Gasteiger partial charge in [0.15, 0.2) is 0 Å². The molecule has 3 aliphatic heterocycles. The Hall–Kier alpha value is -2.42. The second-order valence-corrected chi connectivity index (χ2v) is 15.1. The van der Waals surface area contributed by atoms with E-state index in [1.807, 2.05) is 45.6 Å². The number of nitrogens with zero attached hydrogens (tertiary/aromatic N) is 4. The van der Waals surface area contributed by atoms with Crippen molar-refractivity contribution in [2.75, 3.05) is 33.2 Å². The van der Waals surface area contributed by atoms with Gasteiger partial charge in [0.1, 0.15) is 12.1 Å². The number of carbonyl (C=O) groups excluding carboxylic acids is 4. The molecule has 0 radical (unpaired) electrons. The SMILES string of the molecule is C/C(=C\[C@H](C(C)C)N(C)C(=O)[C@@H](NC(=O)[C@H]1CCCCN1C(C)C)C(C)(C)C)C(=O)N1CCC[C@H]1C(=O)N1CCCCCC1. The number of nitrogens with one attached hydrogen (secondary N) is 1. The van der Waals surface area contributed by atoms with Crippen LogP contribution in [0.15, 0.2) is 11.6 Å². The molecular weight excluding hydrogens is 554 g/mol. The van der Waals surface area contributed by atoms with E-state index in [0.29, 0.717) is 18.5 Å². The van der Waals surface area contributed by atoms with Gasteiger partial charge >= 0.3 is 0 Å². The molecule has 3 heterocycles. The molecule has 0 bridgehead atoms. The summed E-state index contributed by atoms with van der Waals surface area (Å²) in [7, 11) is 1.77. The van der Waals surface area contributed by atoms with Crippen LogP contribution >= 0.6 is 0 Å². The van der Waals surface area contributed by atoms with Gasteiger partial charge in [0.25, 0.3) is 0 Å². The first-order valence-corrected chi connectivity index (χ1v) is 17.3. The van der Waals surface area contributed by atoms with Crippen molar-refractivity contribution in [3.63, 3.8) is 0 Å². The fraction of sp³-hybridized carbons (Fsp3) is 0.829. The number of piperidine rings is 1. The van der Waals surface area contributed by atoms with Crippen LogP contribution in [0, 0.1) is 11.3 Å². The number of hydrogen-bond donors (Lipinski definition) is 1. The Bertz CT molecular complexity index is 1040. The average molecular weight is 616 g/mol. The van der Waals surface area contributed by atoms with E-state index in [4.69, 9.17) is 0 Å². The second kappa shape index (κ2) is 15.7. The Kier molecular flexibility index (Phi) is 12.9. The smallest absolute Gasteiger partial charge is 0.249 e. The molecule has 3 rings (SSSR count). The molecule has 4 atom stereocenters. The van der Waals surface area contributed by atoms with E-state index in [9.17, 15) is 19.2 Å². The van der Waals surface area contributed by atoms with Crippen LogP contribution in [-0.4, -0.2) is 107 Å². The topological polar surface area (TPSA) is 93.3 Å². The van der Waals surface area contributed by atoms with Crippen molar-refractivity contribution in [2.24, 2.45) is 11.3 Å². The number of rotatable bonds is 9. The lowest BCUT2D eigenvalue weighted by molar-refractivity contribution is -0.142. The first-order chi connectivity index (χ1) is 20.6. The van der Waals surface area contributed by atoms with Crippen LogP contribution in [0.4, 0.5) is 0 Å². The number of hydrogen-bond acceptors (Lipinski definition) is 5. The monoisotopic (exact) mass is 615 g/mol. The van der Waals surface area contributed by atoms with Gasteiger partial charge < -0.3 is 20.0 Å². The molecule has 0 spiro atoms. The molecule has 0 unspecified atom stereocenters. The maximum atomic E-state index is 14.1. The summed E-state index contributed by atoms with van der Waals surface area (Å²) in [6.07, 6.45) is 10.6. The van der Waals surface area contributed by atoms with Crippen molar-refractivity contribution in [3.05, 3.63) is 11.6 Å². The fourth-order valence-electron chi connectivity index (χ4n) is 7.16. The van der Waals surface area contributed by atoms with Crippen LogP contribution in [0.1, 0.15) is 113 Å². The molecule has 3 fully saturated rings. The summed E-state index contributed by atoms with van der Waals surface area (Å²) in [6.45, 7) is 19.1. The lowest BCUT2D eigenvalue weighted by Crippen LogP contribution is -2.60. The summed E-state index contributed by atoms with van der Waals surface area (Å²) in [4.78, 5) is 62.7. The third-order valence-electron chi connectivity index (χ3n) is 9.86. The Morgan fingerprint density at radius 2 is 1.41 bits per heavy atom. The van der Waals surface area contributed by atoms with Gasteiger partial charge in [-0.1, -0.05) is 60.0 Å². The highest BCUT2D eigenvalue weighted by Crippen LogP contribution is 2.27. The molecular formula is C35H61N5O4. The van der Waals surface area contributed by atoms with Gasteiger partial charge in [0, 0.05) is 38.3 Å². The second-order valence-electron chi connectivity index (χ2n) is 15.1. The lowest BCUT2D eigenvalue weighted by Gasteiger charge is -2.41. The van der Waals surface area contributed by atoms with Crippen molar-refractivity contribution >= 4 is 23.6 Å². The molecule has 1 N–H and O–H groups in total. The van der Waals surface area contributed by atoms with E-state index in [1.54, 1.807) is 23.8 Å². The molecule has 250 valence electrons. The van der Waals surface area contributed by atoms with E-state index in [1.165, 1.54) is 0 Å². The molecule has 0 aromatic heterocycles. The van der Waals surface area contributed by atoms with Crippen LogP contribution in [-0.2, 0) is 19.2 Å². The maximum Gasteiger partial charge on any atom is 0.249 e. The van der Waals surface area contributed by atoms with E-state index in [2.05, 4.69) is 24.1 Å². The van der Waals surface area contributed by atoms with Crippen molar-refractivity contribution in [2.45, 2.75) is 143 Å². The fourth-order valence-corrected chi connectivity index (χ4v) is 7.16. The number of likely N-dealkylation sites (N-methyl/N-ethyl adjacent to an activating group) is 1. The molecule has 9 heteroatoms. The minimum absolute atomic E-state index is 0.0332. The zero-order valence-electron chi connectivity index (χ0n) is 29.2. The van der Waals surface area contributed by atoms with Crippen LogP contribution < -0.4 is 5.32 Å². The summed E-state index contributed by atoms with van der Waals surface area (Å²) in [6, 6.07) is -1.46. The van der Waals surface area contributed by atoms with Crippen molar-refractivity contribution < 1.29 is 19.2 Å². The summed E-state index contributed by atoms with van der Waals surface area (Å²) in [5.41, 5.74) is 0.0373. The largest absolute Gasteiger partial charge is 0.342 e. The van der Waals surface area contributed by atoms with Gasteiger partial charge in [0.05, 0.1) is 12.1 Å². The Balaban J connectivity index is 1.77. The van der Waals surface area contributed by atoms with Gasteiger partial charge in [-0.05, 0) is 77.2 Å². The molecule has 0 aliphatic carbocycles. The molecule has 3 aliphatic rings. The van der Waals surface area contributed by atoms with Crippen molar-refractivity contribution in [3.8, 4) is 0 Å². The summed E-state index contributed by atoms with van der Waals surface area (Å²) < 4.78 is 0. The molecule has 3 saturated heterocycles. The van der Waals surface area contributed by atoms with Gasteiger partial charge in [-0.3, -0.25) is 24.1 Å². The molecule has 9 nitrogen and oxygen atoms in total. The minimum atomic E-state index is -0.712. The normalized spacial score (nSPS) is 23.8. The highest BCUT2D eigenvalue weighted by molar-refractivity contribution is 5.97. The zero-order valence-corrected chi connectivity index (χ0v) is 29.2. The van der Waals surface area contributed by atoms with Crippen LogP contribution in [0.2, 0.25) is 0 Å². The summed E-state index contributed by atoms with van der Waals surface area (Å²) in [5.74, 6) is -0.267. The van der Waals surface area contributed by atoms with Crippen molar-refractivity contribution in [1.82, 2.24) is 24.9 Å². The van der Waals surface area contributed by atoms with Gasteiger partial charge in [0.2, 0.25) is 23.6 Å². The number of likely N-dealkylation sites (tertiary alicyclic amines) is 3. The summed E-state index contributed by atoms with van der Waals surface area (Å²) >= 11 is 0. The number of amides is 4. The Labute approximate surface area is 267 Å². The predicted octanol–water partition coefficient (Wildman–Crippen LogP) is 4.60. The molecule has 4 amide bonds. The van der Waals surface area contributed by atoms with E-state index in [-0.39, 0.29) is 47.7 Å². The van der Waals surface area contributed by atoms with Gasteiger partial charge in [-0.15, -0.1) is 0 Å². The maximum absolute atomic E-state index is 14.1. The third-order valence-corrected chi connectivity index (χ3v) is 9.86. The molecule has 0 aromatic carbocycles. The van der Waals surface area contributed by atoms with E-state index >= 15 is 0 Å². The standard InChI is InChI=1S/C35H61N5O4/c1-24(2)29(23-26(5)32(42)40-22-16-18-28(40)33(43)38-19-13-10-11-14-20-38)37(9)34(44)30(35(6,7)8)36-31(41)27-17-12-15-21-39(27)25(3)4/h23-25,27-30H,10-22H2,1-9H3,(H,36,41)/b26-23+/t27-,28+,29-,30-/m1/s1. The van der Waals surface area contributed by atoms with Crippen LogP contribution in [0.3, 0.4) is 0 Å². The highest BCUT2D eigenvalue weighted by atomic mass is 16.2. The van der Waals surface area contributed by atoms with Crippen LogP contribution in [0.25, 0.3) is 0 Å². The quantitative estimate of drug-likeness (QED) is 0.383. The van der Waals surface area contributed by atoms with E-state index in [0.717, 1.165) is 71.0 Å². The van der Waals surface area contributed by atoms with E-state index < -0.39 is 17.5 Å². The Morgan fingerprint density at radius 3 is 1.98 bits per heavy atom. The molecule has 44 heavy (non-hydrogen) atoms. The Morgan fingerprint density at radius 1 is 0.818 bits per heavy atom. The summed E-state index contributed by atoms with van der Waals surface area (Å²) in [5, 5.41) is 3.15. The van der Waals surface area contributed by atoms with Gasteiger partial charge in [-0.25, -0.2) is 0 Å². The first kappa shape index (κ1) is 36.1. The van der Waals surface area contributed by atoms with Gasteiger partial charge in [-0.2, -0.15) is 0 Å². The zero-order chi connectivity index (χ0) is 32.8. The first-order valence-electron chi connectivity index (χ1n) is 17.3. The third kappa shape index (κ3) is 8.85. The number of carbonyl (C=O) groups is 4. The molecule has 0 saturated carbocycles. The molecule has 0 aromatic rings. The lowest BCUT2D eigenvalue weighted by atomic mass is 9.84.